The molecule has 0 spiro atoms. The highest BCUT2D eigenvalue weighted by molar-refractivity contribution is 5.38. The van der Waals surface area contributed by atoms with Crippen LogP contribution >= 0.6 is 0 Å². The minimum absolute atomic E-state index is 0.115. The Bertz CT molecular complexity index is 528. The Morgan fingerprint density at radius 3 is 2.94 bits per heavy atom. The van der Waals surface area contributed by atoms with Gasteiger partial charge in [0.25, 0.3) is 0 Å². The molecule has 1 heterocycles. The van der Waals surface area contributed by atoms with Gasteiger partial charge < -0.3 is 9.84 Å². The van der Waals surface area contributed by atoms with Crippen LogP contribution in [0.15, 0.2) is 24.4 Å². The van der Waals surface area contributed by atoms with Crippen molar-refractivity contribution in [3.05, 3.63) is 35.9 Å². The van der Waals surface area contributed by atoms with Crippen LogP contribution in [0.1, 0.15) is 12.1 Å². The van der Waals surface area contributed by atoms with Gasteiger partial charge in [-0.1, -0.05) is 5.21 Å². The SMILES string of the molecule is COc1ccc(-n2cc(CCCO)nn2)cc1F. The molecule has 1 N–H and O–H groups in total. The maximum absolute atomic E-state index is 13.5. The summed E-state index contributed by atoms with van der Waals surface area (Å²) < 4.78 is 19.9. The number of hydrogen-bond donors (Lipinski definition) is 1. The fourth-order valence-electron chi connectivity index (χ4n) is 1.60. The van der Waals surface area contributed by atoms with Crippen molar-refractivity contribution in [1.29, 1.82) is 0 Å². The molecule has 6 heteroatoms. The van der Waals surface area contributed by atoms with Gasteiger partial charge in [0.2, 0.25) is 0 Å². The van der Waals surface area contributed by atoms with E-state index in [0.29, 0.717) is 18.5 Å². The number of halogens is 1. The lowest BCUT2D eigenvalue weighted by Crippen LogP contribution is -1.97. The van der Waals surface area contributed by atoms with Gasteiger partial charge in [0, 0.05) is 12.7 Å². The minimum atomic E-state index is -0.442. The topological polar surface area (TPSA) is 60.2 Å². The van der Waals surface area contributed by atoms with Crippen LogP contribution in [0, 0.1) is 5.82 Å². The van der Waals surface area contributed by atoms with Crippen molar-refractivity contribution in [3.8, 4) is 11.4 Å². The summed E-state index contributed by atoms with van der Waals surface area (Å²) in [5.41, 5.74) is 1.34. The third-order valence-corrected chi connectivity index (χ3v) is 2.53. The quantitative estimate of drug-likeness (QED) is 0.871. The smallest absolute Gasteiger partial charge is 0.167 e. The number of aromatic nitrogens is 3. The van der Waals surface area contributed by atoms with Crippen LogP contribution in [0.25, 0.3) is 5.69 Å². The van der Waals surface area contributed by atoms with Gasteiger partial charge in [-0.25, -0.2) is 9.07 Å². The normalized spacial score (nSPS) is 10.6. The zero-order valence-electron chi connectivity index (χ0n) is 10.0. The molecular formula is C12H14FN3O2. The molecule has 2 aromatic rings. The molecular weight excluding hydrogens is 237 g/mol. The second-order valence-electron chi connectivity index (χ2n) is 3.80. The highest BCUT2D eigenvalue weighted by Crippen LogP contribution is 2.19. The Kier molecular flexibility index (Phi) is 3.88. The van der Waals surface area contributed by atoms with Gasteiger partial charge in [-0.05, 0) is 25.0 Å². The summed E-state index contributed by atoms with van der Waals surface area (Å²) in [7, 11) is 1.42. The first-order valence-electron chi connectivity index (χ1n) is 5.60. The summed E-state index contributed by atoms with van der Waals surface area (Å²) in [5.74, 6) is -0.248. The fourth-order valence-corrected chi connectivity index (χ4v) is 1.60. The van der Waals surface area contributed by atoms with Crippen LogP contribution in [-0.2, 0) is 6.42 Å². The van der Waals surface area contributed by atoms with Gasteiger partial charge in [0.05, 0.1) is 24.7 Å². The molecule has 0 amide bonds. The van der Waals surface area contributed by atoms with E-state index in [2.05, 4.69) is 10.3 Å². The van der Waals surface area contributed by atoms with Gasteiger partial charge in [0.1, 0.15) is 0 Å². The van der Waals surface area contributed by atoms with Crippen molar-refractivity contribution >= 4 is 0 Å². The first-order valence-corrected chi connectivity index (χ1v) is 5.60. The largest absolute Gasteiger partial charge is 0.494 e. The molecule has 0 saturated heterocycles. The van der Waals surface area contributed by atoms with Crippen LogP contribution in [0.3, 0.4) is 0 Å². The maximum atomic E-state index is 13.5. The second-order valence-corrected chi connectivity index (χ2v) is 3.80. The van der Waals surface area contributed by atoms with E-state index in [1.165, 1.54) is 17.9 Å². The van der Waals surface area contributed by atoms with Crippen LogP contribution in [0.5, 0.6) is 5.75 Å². The summed E-state index contributed by atoms with van der Waals surface area (Å²) in [6.45, 7) is 0.115. The highest BCUT2D eigenvalue weighted by atomic mass is 19.1. The Morgan fingerprint density at radius 2 is 2.28 bits per heavy atom. The first-order chi connectivity index (χ1) is 8.74. The molecule has 2 rings (SSSR count). The summed E-state index contributed by atoms with van der Waals surface area (Å²) >= 11 is 0. The molecule has 18 heavy (non-hydrogen) atoms. The Balaban J connectivity index is 2.20. The average molecular weight is 251 g/mol. The van der Waals surface area contributed by atoms with Crippen LogP contribution in [-0.4, -0.2) is 33.8 Å². The molecule has 1 aromatic carbocycles. The Labute approximate surface area is 104 Å². The number of rotatable bonds is 5. The third-order valence-electron chi connectivity index (χ3n) is 2.53. The van der Waals surface area contributed by atoms with Crippen LogP contribution < -0.4 is 4.74 Å². The monoisotopic (exact) mass is 251 g/mol. The molecule has 0 saturated carbocycles. The van der Waals surface area contributed by atoms with E-state index in [0.717, 1.165) is 5.69 Å². The molecule has 0 aliphatic rings. The Hall–Kier alpha value is -1.95. The van der Waals surface area contributed by atoms with E-state index in [1.807, 2.05) is 0 Å². The van der Waals surface area contributed by atoms with Gasteiger partial charge >= 0.3 is 0 Å². The summed E-state index contributed by atoms with van der Waals surface area (Å²) in [6.07, 6.45) is 3.00. The number of aliphatic hydroxyl groups is 1. The number of aliphatic hydroxyl groups excluding tert-OH is 1. The van der Waals surface area contributed by atoms with Crippen molar-refractivity contribution < 1.29 is 14.2 Å². The van der Waals surface area contributed by atoms with Crippen molar-refractivity contribution in [3.63, 3.8) is 0 Å². The van der Waals surface area contributed by atoms with Crippen molar-refractivity contribution in [1.82, 2.24) is 15.0 Å². The van der Waals surface area contributed by atoms with E-state index in [4.69, 9.17) is 9.84 Å². The van der Waals surface area contributed by atoms with Gasteiger partial charge in [-0.3, -0.25) is 0 Å². The molecule has 0 bridgehead atoms. The van der Waals surface area contributed by atoms with E-state index in [9.17, 15) is 4.39 Å². The van der Waals surface area contributed by atoms with Crippen molar-refractivity contribution in [2.45, 2.75) is 12.8 Å². The zero-order valence-corrected chi connectivity index (χ0v) is 10.0. The Morgan fingerprint density at radius 1 is 1.44 bits per heavy atom. The molecule has 0 unspecified atom stereocenters. The van der Waals surface area contributed by atoms with E-state index >= 15 is 0 Å². The molecule has 0 radical (unpaired) electrons. The number of benzene rings is 1. The fraction of sp³-hybridized carbons (Fsp3) is 0.333. The molecule has 0 aliphatic carbocycles. The number of ether oxygens (including phenoxy) is 1. The number of methoxy groups -OCH3 is 1. The molecule has 0 aliphatic heterocycles. The summed E-state index contributed by atoms with van der Waals surface area (Å²) in [4.78, 5) is 0. The molecule has 1 aromatic heterocycles. The molecule has 0 atom stereocenters. The summed E-state index contributed by atoms with van der Waals surface area (Å²) in [5, 5.41) is 16.6. The maximum Gasteiger partial charge on any atom is 0.167 e. The van der Waals surface area contributed by atoms with Crippen molar-refractivity contribution in [2.24, 2.45) is 0 Å². The van der Waals surface area contributed by atoms with Crippen molar-refractivity contribution in [2.75, 3.05) is 13.7 Å². The number of nitrogens with zero attached hydrogens (tertiary/aromatic N) is 3. The molecule has 0 fully saturated rings. The molecule has 5 nitrogen and oxygen atoms in total. The van der Waals surface area contributed by atoms with E-state index in [-0.39, 0.29) is 12.4 Å². The van der Waals surface area contributed by atoms with Gasteiger partial charge in [0.15, 0.2) is 11.6 Å². The minimum Gasteiger partial charge on any atom is -0.494 e. The van der Waals surface area contributed by atoms with E-state index in [1.54, 1.807) is 18.3 Å². The van der Waals surface area contributed by atoms with E-state index < -0.39 is 5.82 Å². The van der Waals surface area contributed by atoms with Gasteiger partial charge in [-0.15, -0.1) is 5.10 Å². The summed E-state index contributed by atoms with van der Waals surface area (Å²) in [6, 6.07) is 4.58. The van der Waals surface area contributed by atoms with Crippen LogP contribution in [0.4, 0.5) is 4.39 Å². The number of hydrogen-bond acceptors (Lipinski definition) is 4. The third kappa shape index (κ3) is 2.65. The lowest BCUT2D eigenvalue weighted by Gasteiger charge is -2.04. The highest BCUT2D eigenvalue weighted by Gasteiger charge is 2.07. The van der Waals surface area contributed by atoms with Crippen LogP contribution in [0.2, 0.25) is 0 Å². The van der Waals surface area contributed by atoms with Gasteiger partial charge in [-0.2, -0.15) is 0 Å². The second kappa shape index (κ2) is 5.59. The lowest BCUT2D eigenvalue weighted by atomic mass is 10.2. The lowest BCUT2D eigenvalue weighted by molar-refractivity contribution is 0.288. The predicted molar refractivity (Wildman–Crippen MR) is 63.3 cm³/mol. The standard InChI is InChI=1S/C12H14FN3O2/c1-18-12-5-4-10(7-11(12)13)16-8-9(14-15-16)3-2-6-17/h4-5,7-8,17H,2-3,6H2,1H3. The average Bonchev–Trinajstić information content (AvgIpc) is 2.85. The zero-order chi connectivity index (χ0) is 13.0. The molecule has 96 valence electrons. The first kappa shape index (κ1) is 12.5. The predicted octanol–water partition coefficient (Wildman–Crippen LogP) is 1.34. The number of aryl methyl sites for hydroxylation is 1.